The first-order valence-electron chi connectivity index (χ1n) is 6.80. The van der Waals surface area contributed by atoms with Crippen LogP contribution in [0.1, 0.15) is 38.5 Å². The molecule has 3 unspecified atom stereocenters. The highest BCUT2D eigenvalue weighted by molar-refractivity contribution is 5.83. The molecule has 2 rings (SSSR count). The third-order valence-corrected chi connectivity index (χ3v) is 4.00. The summed E-state index contributed by atoms with van der Waals surface area (Å²) >= 11 is 0. The van der Waals surface area contributed by atoms with Gasteiger partial charge < -0.3 is 15.7 Å². The summed E-state index contributed by atoms with van der Waals surface area (Å²) in [7, 11) is 0. The molecule has 5 heteroatoms. The van der Waals surface area contributed by atoms with E-state index in [2.05, 4.69) is 16.6 Å². The van der Waals surface area contributed by atoms with E-state index in [0.29, 0.717) is 24.4 Å². The zero-order chi connectivity index (χ0) is 13.8. The monoisotopic (exact) mass is 264 g/mol. The van der Waals surface area contributed by atoms with Crippen molar-refractivity contribution >= 4 is 11.9 Å². The maximum absolute atomic E-state index is 11.9. The van der Waals surface area contributed by atoms with Gasteiger partial charge in [0.1, 0.15) is 6.04 Å². The number of carbonyl (C=O) groups excluding carboxylic acids is 1. The van der Waals surface area contributed by atoms with Crippen molar-refractivity contribution in [1.29, 1.82) is 0 Å². The van der Waals surface area contributed by atoms with E-state index in [4.69, 9.17) is 11.5 Å². The Morgan fingerprint density at radius 2 is 2.00 bits per heavy atom. The number of rotatable bonds is 5. The van der Waals surface area contributed by atoms with Crippen LogP contribution in [0.25, 0.3) is 0 Å². The van der Waals surface area contributed by atoms with Crippen LogP contribution in [-0.2, 0) is 9.59 Å². The van der Waals surface area contributed by atoms with Gasteiger partial charge >= 0.3 is 5.97 Å². The summed E-state index contributed by atoms with van der Waals surface area (Å²) in [6.07, 6.45) is 9.94. The van der Waals surface area contributed by atoms with Crippen LogP contribution < -0.4 is 10.6 Å². The summed E-state index contributed by atoms with van der Waals surface area (Å²) < 4.78 is 0. The highest BCUT2D eigenvalue weighted by Crippen LogP contribution is 2.32. The minimum Gasteiger partial charge on any atom is -0.480 e. The van der Waals surface area contributed by atoms with Gasteiger partial charge in [-0.2, -0.15) is 0 Å². The van der Waals surface area contributed by atoms with Gasteiger partial charge in [0.25, 0.3) is 0 Å². The Bertz CT molecular complexity index is 390. The molecule has 5 nitrogen and oxygen atoms in total. The van der Waals surface area contributed by atoms with Crippen molar-refractivity contribution in [1.82, 2.24) is 10.6 Å². The van der Waals surface area contributed by atoms with Gasteiger partial charge in [-0.15, -0.1) is 12.3 Å². The molecule has 2 saturated heterocycles. The number of amides is 1. The molecule has 2 aliphatic heterocycles. The molecule has 3 atom stereocenters. The van der Waals surface area contributed by atoms with Crippen molar-refractivity contribution in [3.05, 3.63) is 0 Å². The Hall–Kier alpha value is -1.54. The van der Waals surface area contributed by atoms with Crippen molar-refractivity contribution in [2.45, 2.75) is 56.7 Å². The molecule has 0 radical (unpaired) electrons. The van der Waals surface area contributed by atoms with E-state index in [1.807, 2.05) is 0 Å². The Morgan fingerprint density at radius 3 is 2.53 bits per heavy atom. The Balaban J connectivity index is 1.80. The molecule has 19 heavy (non-hydrogen) atoms. The predicted octanol–water partition coefficient (Wildman–Crippen LogP) is 0.500. The molecular formula is C14H20N2O3. The quantitative estimate of drug-likeness (QED) is 0.632. The van der Waals surface area contributed by atoms with Crippen LogP contribution in [0.15, 0.2) is 0 Å². The molecule has 0 spiro atoms. The lowest BCUT2D eigenvalue weighted by molar-refractivity contribution is -0.141. The van der Waals surface area contributed by atoms with Gasteiger partial charge in [-0.05, 0) is 31.6 Å². The second-order valence-corrected chi connectivity index (χ2v) is 5.55. The molecular weight excluding hydrogens is 244 g/mol. The molecule has 0 aromatic carbocycles. The molecule has 0 aromatic heterocycles. The first-order chi connectivity index (χ1) is 9.08. The van der Waals surface area contributed by atoms with Crippen molar-refractivity contribution in [2.24, 2.45) is 5.92 Å². The predicted molar refractivity (Wildman–Crippen MR) is 70.3 cm³/mol. The minimum absolute atomic E-state index is 0.0263. The van der Waals surface area contributed by atoms with Crippen LogP contribution in [0.3, 0.4) is 0 Å². The van der Waals surface area contributed by atoms with E-state index in [-0.39, 0.29) is 12.3 Å². The highest BCUT2D eigenvalue weighted by atomic mass is 16.4. The molecule has 0 aromatic rings. The third kappa shape index (κ3) is 3.71. The number of terminal acetylenes is 1. The normalized spacial score (nSPS) is 30.4. The van der Waals surface area contributed by atoms with E-state index in [1.165, 1.54) is 12.8 Å². The average molecular weight is 264 g/mol. The topological polar surface area (TPSA) is 78.4 Å². The Morgan fingerprint density at radius 1 is 1.37 bits per heavy atom. The summed E-state index contributed by atoms with van der Waals surface area (Å²) in [5, 5.41) is 15.0. The van der Waals surface area contributed by atoms with Crippen molar-refractivity contribution < 1.29 is 14.7 Å². The number of nitrogens with one attached hydrogen (secondary N) is 2. The zero-order valence-corrected chi connectivity index (χ0v) is 10.9. The van der Waals surface area contributed by atoms with Gasteiger partial charge in [0, 0.05) is 24.9 Å². The lowest BCUT2D eigenvalue weighted by atomic mass is 9.89. The average Bonchev–Trinajstić information content (AvgIpc) is 2.68. The highest BCUT2D eigenvalue weighted by Gasteiger charge is 2.34. The molecule has 2 heterocycles. The first-order valence-corrected chi connectivity index (χ1v) is 6.80. The maximum Gasteiger partial charge on any atom is 0.327 e. The largest absolute Gasteiger partial charge is 0.480 e. The van der Waals surface area contributed by atoms with E-state index in [1.54, 1.807) is 0 Å². The zero-order valence-electron chi connectivity index (χ0n) is 10.9. The fourth-order valence-electron chi connectivity index (χ4n) is 3.18. The fraction of sp³-hybridized carbons (Fsp3) is 0.714. The number of carboxylic acids is 1. The van der Waals surface area contributed by atoms with Gasteiger partial charge in [-0.1, -0.05) is 0 Å². The summed E-state index contributed by atoms with van der Waals surface area (Å²) in [4.78, 5) is 22.8. The van der Waals surface area contributed by atoms with Gasteiger partial charge in [0.05, 0.1) is 0 Å². The lowest BCUT2D eigenvalue weighted by Crippen LogP contribution is -2.43. The maximum atomic E-state index is 11.9. The van der Waals surface area contributed by atoms with Crippen LogP contribution in [-0.4, -0.2) is 35.1 Å². The summed E-state index contributed by atoms with van der Waals surface area (Å²) in [6.45, 7) is 0. The smallest absolute Gasteiger partial charge is 0.327 e. The molecule has 2 bridgehead atoms. The summed E-state index contributed by atoms with van der Waals surface area (Å²) in [5.41, 5.74) is 0. The van der Waals surface area contributed by atoms with Gasteiger partial charge in [-0.25, -0.2) is 4.79 Å². The molecule has 1 amide bonds. The van der Waals surface area contributed by atoms with Crippen LogP contribution in [0.2, 0.25) is 0 Å². The van der Waals surface area contributed by atoms with E-state index in [0.717, 1.165) is 12.8 Å². The fourth-order valence-corrected chi connectivity index (χ4v) is 3.18. The second kappa shape index (κ2) is 6.07. The van der Waals surface area contributed by atoms with Crippen molar-refractivity contribution in [3.8, 4) is 12.3 Å². The van der Waals surface area contributed by atoms with E-state index >= 15 is 0 Å². The number of aliphatic carboxylic acids is 1. The molecule has 0 aliphatic carbocycles. The number of carboxylic acid groups (broad SMARTS) is 1. The number of hydrogen-bond donors (Lipinski definition) is 3. The molecule has 0 saturated carbocycles. The van der Waals surface area contributed by atoms with Crippen LogP contribution in [0, 0.1) is 18.3 Å². The Labute approximate surface area is 113 Å². The molecule has 104 valence electrons. The van der Waals surface area contributed by atoms with E-state index < -0.39 is 12.0 Å². The second-order valence-electron chi connectivity index (χ2n) is 5.55. The third-order valence-electron chi connectivity index (χ3n) is 4.00. The van der Waals surface area contributed by atoms with Gasteiger partial charge in [-0.3, -0.25) is 4.79 Å². The molecule has 3 N–H and O–H groups in total. The number of hydrogen-bond acceptors (Lipinski definition) is 3. The van der Waals surface area contributed by atoms with Crippen LogP contribution in [0.5, 0.6) is 0 Å². The number of carbonyl (C=O) groups is 2. The van der Waals surface area contributed by atoms with Crippen molar-refractivity contribution in [3.63, 3.8) is 0 Å². The Kier molecular flexibility index (Phi) is 4.43. The van der Waals surface area contributed by atoms with Crippen LogP contribution >= 0.6 is 0 Å². The molecule has 2 fully saturated rings. The molecule has 2 aliphatic rings. The van der Waals surface area contributed by atoms with Crippen molar-refractivity contribution in [2.75, 3.05) is 0 Å². The standard InChI is InChI=1S/C14H20N2O3/c1-2-3-12(14(18)19)16-13(17)8-9-6-10-4-5-11(7-9)15-10/h1,9-12,15H,3-8H2,(H,16,17)(H,18,19). The number of piperidine rings is 1. The van der Waals surface area contributed by atoms with Gasteiger partial charge in [0.2, 0.25) is 5.91 Å². The van der Waals surface area contributed by atoms with E-state index in [9.17, 15) is 9.59 Å². The SMILES string of the molecule is C#CCC(NC(=O)CC1CC2CCC(C1)N2)C(=O)O. The minimum atomic E-state index is -1.07. The lowest BCUT2D eigenvalue weighted by Gasteiger charge is -2.28. The number of fused-ring (bicyclic) bond motifs is 2. The first kappa shape index (κ1) is 13.9. The summed E-state index contributed by atoms with van der Waals surface area (Å²) in [6, 6.07) is 0.117. The summed E-state index contributed by atoms with van der Waals surface area (Å²) in [5.74, 6) is 1.36. The van der Waals surface area contributed by atoms with Gasteiger partial charge in [0.15, 0.2) is 0 Å². The van der Waals surface area contributed by atoms with Crippen LogP contribution in [0.4, 0.5) is 0 Å².